The van der Waals surface area contributed by atoms with Gasteiger partial charge in [-0.25, -0.2) is 0 Å². The normalized spacial score (nSPS) is 12.0. The summed E-state index contributed by atoms with van der Waals surface area (Å²) in [7, 11) is -1.75. The molecule has 25 heavy (non-hydrogen) atoms. The van der Waals surface area contributed by atoms with Gasteiger partial charge in [-0.3, -0.25) is 9.59 Å². The van der Waals surface area contributed by atoms with E-state index in [0.717, 1.165) is 0 Å². The van der Waals surface area contributed by atoms with Crippen LogP contribution in [0.25, 0.3) is 0 Å². The van der Waals surface area contributed by atoms with Crippen molar-refractivity contribution >= 4 is 20.3 Å². The van der Waals surface area contributed by atoms with Crippen molar-refractivity contribution in [3.05, 3.63) is 12.2 Å². The quantitative estimate of drug-likeness (QED) is 0.215. The summed E-state index contributed by atoms with van der Waals surface area (Å²) in [6.45, 7) is 15.3. The van der Waals surface area contributed by atoms with Crippen LogP contribution in [-0.2, 0) is 23.5 Å². The first-order valence-electron chi connectivity index (χ1n) is 8.69. The number of hydrogen-bond donors (Lipinski definition) is 0. The van der Waals surface area contributed by atoms with Gasteiger partial charge in [-0.1, -0.05) is 38.7 Å². The Morgan fingerprint density at radius 1 is 1.08 bits per heavy atom. The highest BCUT2D eigenvalue weighted by Crippen LogP contribution is 2.36. The van der Waals surface area contributed by atoms with Gasteiger partial charge in [0.2, 0.25) is 0 Å². The van der Waals surface area contributed by atoms with Gasteiger partial charge in [0, 0.05) is 13.0 Å². The van der Waals surface area contributed by atoms with E-state index in [-0.39, 0.29) is 18.3 Å². The van der Waals surface area contributed by atoms with Crippen LogP contribution in [0.3, 0.4) is 0 Å². The van der Waals surface area contributed by atoms with Crippen molar-refractivity contribution in [2.24, 2.45) is 5.92 Å². The maximum atomic E-state index is 11.8. The van der Waals surface area contributed by atoms with Crippen molar-refractivity contribution in [3.63, 3.8) is 0 Å². The molecule has 0 aromatic rings. The molecule has 0 unspecified atom stereocenters. The Hall–Kier alpha value is -1.58. The molecule has 0 N–H and O–H groups in total. The van der Waals surface area contributed by atoms with Gasteiger partial charge in [-0.2, -0.15) is 0 Å². The van der Waals surface area contributed by atoms with E-state index in [9.17, 15) is 9.59 Å². The Morgan fingerprint density at radius 2 is 1.60 bits per heavy atom. The molecule has 6 heteroatoms. The van der Waals surface area contributed by atoms with Gasteiger partial charge in [0.1, 0.15) is 0 Å². The molecule has 0 fully saturated rings. The van der Waals surface area contributed by atoms with Crippen LogP contribution in [0.5, 0.6) is 0 Å². The minimum atomic E-state index is -1.75. The summed E-state index contributed by atoms with van der Waals surface area (Å²) in [6, 6.07) is 0. The van der Waals surface area contributed by atoms with Crippen LogP contribution in [0, 0.1) is 17.8 Å². The second-order valence-corrected chi connectivity index (χ2v) is 11.8. The molecule has 142 valence electrons. The van der Waals surface area contributed by atoms with E-state index in [1.54, 1.807) is 13.8 Å². The van der Waals surface area contributed by atoms with Gasteiger partial charge >= 0.3 is 11.9 Å². The van der Waals surface area contributed by atoms with Crippen molar-refractivity contribution in [3.8, 4) is 11.8 Å². The highest BCUT2D eigenvalue weighted by molar-refractivity contribution is 6.74. The number of hydrogen-bond acceptors (Lipinski definition) is 5. The number of rotatable bonds is 8. The van der Waals surface area contributed by atoms with Crippen LogP contribution in [0.1, 0.15) is 41.0 Å². The van der Waals surface area contributed by atoms with Gasteiger partial charge in [0.25, 0.3) is 0 Å². The molecular weight excluding hydrogens is 336 g/mol. The van der Waals surface area contributed by atoms with Gasteiger partial charge in [0.05, 0.1) is 13.2 Å². The summed E-state index contributed by atoms with van der Waals surface area (Å²) >= 11 is 0. The highest BCUT2D eigenvalue weighted by atomic mass is 28.4. The minimum absolute atomic E-state index is 0.173. The Kier molecular flexibility index (Phi) is 10.4. The van der Waals surface area contributed by atoms with Crippen LogP contribution in [0.4, 0.5) is 0 Å². The molecule has 0 aliphatic heterocycles. The maximum absolute atomic E-state index is 11.8. The molecule has 0 aliphatic rings. The number of ether oxygens (including phenoxy) is 2. The third kappa shape index (κ3) is 8.89. The van der Waals surface area contributed by atoms with E-state index < -0.39 is 26.2 Å². The average molecular weight is 369 g/mol. The Labute approximate surface area is 153 Å². The predicted octanol–water partition coefficient (Wildman–Crippen LogP) is 3.70. The first-order chi connectivity index (χ1) is 11.6. The standard InChI is InChI=1S/C19H32O5Si/c1-8-22-17(20)16(18(21)23-9-2)14-12-10-11-13-15-24-25(6,7)19(3,4)5/h12,14,16H,8-9,13,15H2,1-7H3/b14-12+. The van der Waals surface area contributed by atoms with Crippen molar-refractivity contribution in [2.75, 3.05) is 19.8 Å². The maximum Gasteiger partial charge on any atom is 0.324 e. The van der Waals surface area contributed by atoms with Gasteiger partial charge in [-0.15, -0.1) is 0 Å². The van der Waals surface area contributed by atoms with Crippen molar-refractivity contribution in [1.29, 1.82) is 0 Å². The van der Waals surface area contributed by atoms with Gasteiger partial charge in [0.15, 0.2) is 14.2 Å². The van der Waals surface area contributed by atoms with Gasteiger partial charge in [-0.05, 0) is 38.1 Å². The molecular formula is C19H32O5Si. The fourth-order valence-electron chi connectivity index (χ4n) is 1.57. The minimum Gasteiger partial charge on any atom is -0.465 e. The van der Waals surface area contributed by atoms with Crippen LogP contribution >= 0.6 is 0 Å². The molecule has 0 bridgehead atoms. The fourth-order valence-corrected chi connectivity index (χ4v) is 2.61. The zero-order valence-corrected chi connectivity index (χ0v) is 17.6. The monoisotopic (exact) mass is 368 g/mol. The third-order valence-corrected chi connectivity index (χ3v) is 8.59. The summed E-state index contributed by atoms with van der Waals surface area (Å²) in [5.74, 6) is 3.47. The SMILES string of the molecule is CCOC(=O)C(/C=C/C#CCCO[Si](C)(C)C(C)(C)C)C(=O)OCC. The molecule has 0 rings (SSSR count). The van der Waals surface area contributed by atoms with E-state index >= 15 is 0 Å². The van der Waals surface area contributed by atoms with E-state index in [0.29, 0.717) is 13.0 Å². The molecule has 0 aliphatic carbocycles. The summed E-state index contributed by atoms with van der Waals surface area (Å²) in [5, 5.41) is 0.173. The van der Waals surface area contributed by atoms with Crippen molar-refractivity contribution in [2.45, 2.75) is 59.2 Å². The predicted molar refractivity (Wildman–Crippen MR) is 101 cm³/mol. The van der Waals surface area contributed by atoms with Crippen LogP contribution in [0.2, 0.25) is 18.1 Å². The molecule has 0 aromatic carbocycles. The second kappa shape index (κ2) is 11.1. The topological polar surface area (TPSA) is 61.8 Å². The van der Waals surface area contributed by atoms with Crippen LogP contribution in [0.15, 0.2) is 12.2 Å². The van der Waals surface area contributed by atoms with Crippen molar-refractivity contribution < 1.29 is 23.5 Å². The molecule has 0 amide bonds. The summed E-state index contributed by atoms with van der Waals surface area (Å²) in [5.41, 5.74) is 0. The lowest BCUT2D eigenvalue weighted by Gasteiger charge is -2.35. The lowest BCUT2D eigenvalue weighted by atomic mass is 10.1. The summed E-state index contributed by atoms with van der Waals surface area (Å²) in [6.07, 6.45) is 3.50. The number of allylic oxidation sites excluding steroid dienone is 1. The number of carbonyl (C=O) groups excluding carboxylic acids is 2. The third-order valence-electron chi connectivity index (χ3n) is 4.05. The Morgan fingerprint density at radius 3 is 2.04 bits per heavy atom. The lowest BCUT2D eigenvalue weighted by molar-refractivity contribution is -0.158. The van der Waals surface area contributed by atoms with Crippen LogP contribution in [-0.4, -0.2) is 40.1 Å². The second-order valence-electron chi connectivity index (χ2n) is 7.02. The molecule has 0 spiro atoms. The van der Waals surface area contributed by atoms with E-state index in [2.05, 4.69) is 45.7 Å². The zero-order valence-electron chi connectivity index (χ0n) is 16.6. The van der Waals surface area contributed by atoms with Crippen LogP contribution < -0.4 is 0 Å². The highest BCUT2D eigenvalue weighted by Gasteiger charge is 2.36. The first-order valence-corrected chi connectivity index (χ1v) is 11.6. The zero-order chi connectivity index (χ0) is 19.5. The summed E-state index contributed by atoms with van der Waals surface area (Å²) < 4.78 is 15.8. The fraction of sp³-hybridized carbons (Fsp3) is 0.684. The number of carbonyl (C=O) groups is 2. The number of esters is 2. The van der Waals surface area contributed by atoms with E-state index in [1.165, 1.54) is 12.2 Å². The van der Waals surface area contributed by atoms with Crippen molar-refractivity contribution in [1.82, 2.24) is 0 Å². The first kappa shape index (κ1) is 23.4. The van der Waals surface area contributed by atoms with E-state index in [4.69, 9.17) is 13.9 Å². The molecule has 0 heterocycles. The molecule has 0 radical (unpaired) electrons. The van der Waals surface area contributed by atoms with Gasteiger partial charge < -0.3 is 13.9 Å². The van der Waals surface area contributed by atoms with E-state index in [1.807, 2.05) is 0 Å². The Bertz CT molecular complexity index is 502. The average Bonchev–Trinajstić information content (AvgIpc) is 2.49. The summed E-state index contributed by atoms with van der Waals surface area (Å²) in [4.78, 5) is 23.6. The smallest absolute Gasteiger partial charge is 0.324 e. The molecule has 0 aromatic heterocycles. The largest absolute Gasteiger partial charge is 0.465 e. The Balaban J connectivity index is 4.58. The molecule has 0 atom stereocenters. The molecule has 5 nitrogen and oxygen atoms in total. The lowest BCUT2D eigenvalue weighted by Crippen LogP contribution is -2.40. The molecule has 0 saturated heterocycles. The molecule has 0 saturated carbocycles.